The van der Waals surface area contributed by atoms with Crippen molar-refractivity contribution in [3.8, 4) is 0 Å². The second-order valence-corrected chi connectivity index (χ2v) is 3.72. The van der Waals surface area contributed by atoms with Crippen LogP contribution in [0.3, 0.4) is 0 Å². The normalized spacial score (nSPS) is 10.6. The van der Waals surface area contributed by atoms with Gasteiger partial charge in [0.1, 0.15) is 9.99 Å². The molecule has 1 aromatic heterocycles. The Labute approximate surface area is 84.2 Å². The van der Waals surface area contributed by atoms with Crippen molar-refractivity contribution in [2.24, 2.45) is 0 Å². The van der Waals surface area contributed by atoms with Gasteiger partial charge in [0, 0.05) is 11.8 Å². The second kappa shape index (κ2) is 3.81. The number of rotatable bonds is 1. The highest BCUT2D eigenvalue weighted by molar-refractivity contribution is 6.45. The summed E-state index contributed by atoms with van der Waals surface area (Å²) >= 11 is 22.4. The third-order valence-corrected chi connectivity index (χ3v) is 2.06. The molecule has 1 rings (SSSR count). The lowest BCUT2D eigenvalue weighted by Crippen LogP contribution is -1.86. The molecule has 0 atom stereocenters. The first-order chi connectivity index (χ1) is 5.11. The lowest BCUT2D eigenvalue weighted by molar-refractivity contribution is 1.23. The summed E-state index contributed by atoms with van der Waals surface area (Å²) in [4.78, 5) is 3.08. The van der Waals surface area contributed by atoms with Crippen LogP contribution in [-0.4, -0.2) is 4.98 Å². The van der Waals surface area contributed by atoms with Crippen molar-refractivity contribution in [1.82, 2.24) is 4.98 Å². The zero-order valence-electron chi connectivity index (χ0n) is 5.19. The summed E-state index contributed by atoms with van der Waals surface area (Å²) in [6.45, 7) is 0. The van der Waals surface area contributed by atoms with E-state index in [0.717, 1.165) is 0 Å². The van der Waals surface area contributed by atoms with E-state index in [4.69, 9.17) is 46.4 Å². The number of alkyl halides is 2. The van der Waals surface area contributed by atoms with Crippen LogP contribution >= 0.6 is 46.4 Å². The van der Waals surface area contributed by atoms with Gasteiger partial charge in [0.2, 0.25) is 0 Å². The first kappa shape index (κ1) is 9.40. The van der Waals surface area contributed by atoms with Crippen LogP contribution in [0, 0.1) is 0 Å². The molecule has 0 aliphatic carbocycles. The number of hydrogen-bond acceptors (Lipinski definition) is 1. The van der Waals surface area contributed by atoms with Gasteiger partial charge in [-0.05, 0) is 6.07 Å². The van der Waals surface area contributed by atoms with Crippen LogP contribution in [0.15, 0.2) is 12.3 Å². The maximum absolute atomic E-state index is 5.65. The Kier molecular flexibility index (Phi) is 3.26. The lowest BCUT2D eigenvalue weighted by atomic mass is 10.3. The Morgan fingerprint density at radius 3 is 2.36 bits per heavy atom. The zero-order chi connectivity index (χ0) is 8.43. The van der Waals surface area contributed by atoms with Crippen LogP contribution in [0.2, 0.25) is 10.2 Å². The molecule has 0 aliphatic heterocycles. The molecule has 0 saturated carbocycles. The van der Waals surface area contributed by atoms with Crippen molar-refractivity contribution in [2.75, 3.05) is 0 Å². The molecular weight excluding hydrogens is 228 g/mol. The molecule has 11 heavy (non-hydrogen) atoms. The SMILES string of the molecule is Clc1cnc(Cl)c(C(Cl)Cl)c1. The van der Waals surface area contributed by atoms with E-state index in [1.165, 1.54) is 6.20 Å². The highest BCUT2D eigenvalue weighted by Gasteiger charge is 2.09. The summed E-state index contributed by atoms with van der Waals surface area (Å²) in [6.07, 6.45) is 1.43. The molecule has 0 fully saturated rings. The molecule has 0 N–H and O–H groups in total. The largest absolute Gasteiger partial charge is 0.243 e. The summed E-state index contributed by atoms with van der Waals surface area (Å²) in [7, 11) is 0. The summed E-state index contributed by atoms with van der Waals surface area (Å²) < 4.78 is 0. The molecule has 60 valence electrons. The third-order valence-electron chi connectivity index (χ3n) is 1.07. The number of nitrogens with zero attached hydrogens (tertiary/aromatic N) is 1. The first-order valence-corrected chi connectivity index (χ1v) is 4.33. The quantitative estimate of drug-likeness (QED) is 0.528. The van der Waals surface area contributed by atoms with Gasteiger partial charge < -0.3 is 0 Å². The summed E-state index contributed by atoms with van der Waals surface area (Å²) in [5.41, 5.74) is 0.530. The summed E-state index contributed by atoms with van der Waals surface area (Å²) in [6, 6.07) is 1.58. The minimum atomic E-state index is -0.686. The molecule has 0 saturated heterocycles. The molecule has 0 radical (unpaired) electrons. The van der Waals surface area contributed by atoms with Crippen molar-refractivity contribution in [3.63, 3.8) is 0 Å². The van der Waals surface area contributed by atoms with Gasteiger partial charge in [-0.25, -0.2) is 4.98 Å². The smallest absolute Gasteiger partial charge is 0.135 e. The van der Waals surface area contributed by atoms with Gasteiger partial charge in [-0.1, -0.05) is 46.4 Å². The van der Waals surface area contributed by atoms with Crippen LogP contribution in [0.4, 0.5) is 0 Å². The molecule has 0 aliphatic rings. The number of aromatic nitrogens is 1. The number of hydrogen-bond donors (Lipinski definition) is 0. The molecule has 0 spiro atoms. The van der Waals surface area contributed by atoms with Crippen molar-refractivity contribution in [2.45, 2.75) is 4.84 Å². The van der Waals surface area contributed by atoms with E-state index in [0.29, 0.717) is 10.6 Å². The van der Waals surface area contributed by atoms with E-state index in [-0.39, 0.29) is 5.15 Å². The standard InChI is InChI=1S/C6H3Cl4N/c7-3-1-4(5(8)9)6(10)11-2-3/h1-2,5H. The average Bonchev–Trinajstić information content (AvgIpc) is 1.94. The molecular formula is C6H3Cl4N. The molecule has 0 amide bonds. The minimum absolute atomic E-state index is 0.282. The van der Waals surface area contributed by atoms with Crippen molar-refractivity contribution in [1.29, 1.82) is 0 Å². The molecule has 1 heterocycles. The molecule has 0 aromatic carbocycles. The highest BCUT2D eigenvalue weighted by Crippen LogP contribution is 2.31. The van der Waals surface area contributed by atoms with Crippen LogP contribution < -0.4 is 0 Å². The van der Waals surface area contributed by atoms with E-state index in [1.807, 2.05) is 0 Å². The third kappa shape index (κ3) is 2.38. The maximum Gasteiger partial charge on any atom is 0.135 e. The Hall–Kier alpha value is 0.310. The van der Waals surface area contributed by atoms with Crippen LogP contribution in [-0.2, 0) is 0 Å². The van der Waals surface area contributed by atoms with E-state index in [1.54, 1.807) is 6.07 Å². The predicted octanol–water partition coefficient (Wildman–Crippen LogP) is 3.86. The Balaban J connectivity index is 3.13. The van der Waals surface area contributed by atoms with Gasteiger partial charge in [-0.2, -0.15) is 0 Å². The van der Waals surface area contributed by atoms with Crippen LogP contribution in [0.1, 0.15) is 10.4 Å². The second-order valence-electron chi connectivity index (χ2n) is 1.83. The number of halogens is 4. The fraction of sp³-hybridized carbons (Fsp3) is 0.167. The van der Waals surface area contributed by atoms with Crippen LogP contribution in [0.5, 0.6) is 0 Å². The van der Waals surface area contributed by atoms with Crippen molar-refractivity contribution >= 4 is 46.4 Å². The fourth-order valence-electron chi connectivity index (χ4n) is 0.591. The van der Waals surface area contributed by atoms with E-state index in [2.05, 4.69) is 4.98 Å². The zero-order valence-corrected chi connectivity index (χ0v) is 8.21. The number of pyridine rings is 1. The van der Waals surface area contributed by atoms with E-state index in [9.17, 15) is 0 Å². The molecule has 0 bridgehead atoms. The van der Waals surface area contributed by atoms with Gasteiger partial charge in [0.05, 0.1) is 5.02 Å². The van der Waals surface area contributed by atoms with Gasteiger partial charge in [0.15, 0.2) is 0 Å². The van der Waals surface area contributed by atoms with Gasteiger partial charge in [-0.15, -0.1) is 0 Å². The summed E-state index contributed by atoms with van der Waals surface area (Å²) in [5.74, 6) is 0. The fourth-order valence-corrected chi connectivity index (χ4v) is 1.41. The Bertz CT molecular complexity index is 261. The van der Waals surface area contributed by atoms with E-state index < -0.39 is 4.84 Å². The predicted molar refractivity (Wildman–Crippen MR) is 48.7 cm³/mol. The van der Waals surface area contributed by atoms with Crippen LogP contribution in [0.25, 0.3) is 0 Å². The lowest BCUT2D eigenvalue weighted by Gasteiger charge is -2.02. The average molecular weight is 231 g/mol. The van der Waals surface area contributed by atoms with Gasteiger partial charge in [0.25, 0.3) is 0 Å². The Morgan fingerprint density at radius 1 is 1.27 bits per heavy atom. The topological polar surface area (TPSA) is 12.9 Å². The minimum Gasteiger partial charge on any atom is -0.243 e. The highest BCUT2D eigenvalue weighted by atomic mass is 35.5. The molecule has 5 heteroatoms. The van der Waals surface area contributed by atoms with Gasteiger partial charge in [-0.3, -0.25) is 0 Å². The molecule has 1 nitrogen and oxygen atoms in total. The van der Waals surface area contributed by atoms with Crippen molar-refractivity contribution in [3.05, 3.63) is 28.0 Å². The molecule has 1 aromatic rings. The maximum atomic E-state index is 5.65. The molecule has 0 unspecified atom stereocenters. The van der Waals surface area contributed by atoms with Crippen molar-refractivity contribution < 1.29 is 0 Å². The Morgan fingerprint density at radius 2 is 1.91 bits per heavy atom. The first-order valence-electron chi connectivity index (χ1n) is 2.70. The monoisotopic (exact) mass is 229 g/mol. The van der Waals surface area contributed by atoms with E-state index >= 15 is 0 Å². The van der Waals surface area contributed by atoms with Gasteiger partial charge >= 0.3 is 0 Å². The summed E-state index contributed by atoms with van der Waals surface area (Å²) in [5, 5.41) is 0.750.